The summed E-state index contributed by atoms with van der Waals surface area (Å²) in [6.45, 7) is 4.19. The first-order chi connectivity index (χ1) is 9.13. The highest BCUT2D eigenvalue weighted by Crippen LogP contribution is 2.31. The van der Waals surface area contributed by atoms with E-state index in [1.165, 1.54) is 5.69 Å². The van der Waals surface area contributed by atoms with Crippen molar-refractivity contribution < 1.29 is 4.74 Å². The van der Waals surface area contributed by atoms with E-state index in [4.69, 9.17) is 4.74 Å². The van der Waals surface area contributed by atoms with Crippen molar-refractivity contribution in [1.82, 2.24) is 15.0 Å². The lowest BCUT2D eigenvalue weighted by molar-refractivity contribution is -0.0132. The molecule has 1 saturated heterocycles. The maximum Gasteiger partial charge on any atom is 0.136 e. The third-order valence-corrected chi connectivity index (χ3v) is 4.28. The Morgan fingerprint density at radius 2 is 2.00 bits per heavy atom. The molecule has 2 heterocycles. The molecule has 0 amide bonds. The fraction of sp³-hybridized carbons (Fsp3) is 0.571. The van der Waals surface area contributed by atoms with Gasteiger partial charge in [-0.25, -0.2) is 4.68 Å². The average Bonchev–Trinajstić information content (AvgIpc) is 2.82. The number of rotatable bonds is 2. The molecular weight excluding hydrogens is 240 g/mol. The minimum Gasteiger partial charge on any atom is -0.378 e. The Bertz CT molecular complexity index is 584. The third-order valence-electron chi connectivity index (χ3n) is 4.28. The summed E-state index contributed by atoms with van der Waals surface area (Å²) in [5.74, 6) is 0. The molecule has 0 atom stereocenters. The molecule has 1 aliphatic heterocycles. The number of fused-ring (bicyclic) bond motifs is 1. The second kappa shape index (κ2) is 4.49. The number of aryl methyl sites for hydroxylation is 1. The summed E-state index contributed by atoms with van der Waals surface area (Å²) in [7, 11) is 3.73. The lowest BCUT2D eigenvalue weighted by Crippen LogP contribution is -2.43. The van der Waals surface area contributed by atoms with Gasteiger partial charge in [0.2, 0.25) is 0 Å². The van der Waals surface area contributed by atoms with Crippen molar-refractivity contribution in [2.24, 2.45) is 7.05 Å². The Hall–Kier alpha value is -1.62. The first-order valence-electron chi connectivity index (χ1n) is 6.71. The van der Waals surface area contributed by atoms with Gasteiger partial charge in [-0.1, -0.05) is 11.3 Å². The van der Waals surface area contributed by atoms with Crippen LogP contribution in [0.5, 0.6) is 0 Å². The lowest BCUT2D eigenvalue weighted by Gasteiger charge is -2.39. The van der Waals surface area contributed by atoms with Gasteiger partial charge in [-0.3, -0.25) is 0 Å². The SMILES string of the molecule is COC1(C)CCN(c2cccc3c2nnn3C)CC1. The molecule has 5 heteroatoms. The lowest BCUT2D eigenvalue weighted by atomic mass is 9.93. The molecular formula is C14H20N4O. The van der Waals surface area contributed by atoms with E-state index in [0.717, 1.165) is 37.0 Å². The van der Waals surface area contributed by atoms with Gasteiger partial charge in [0.15, 0.2) is 0 Å². The molecule has 102 valence electrons. The summed E-state index contributed by atoms with van der Waals surface area (Å²) < 4.78 is 7.42. The summed E-state index contributed by atoms with van der Waals surface area (Å²) >= 11 is 0. The molecule has 0 aliphatic carbocycles. The van der Waals surface area contributed by atoms with Gasteiger partial charge in [0.1, 0.15) is 5.52 Å². The number of hydrogen-bond donors (Lipinski definition) is 0. The molecule has 19 heavy (non-hydrogen) atoms. The van der Waals surface area contributed by atoms with Gasteiger partial charge in [0, 0.05) is 27.2 Å². The molecule has 0 spiro atoms. The maximum atomic E-state index is 5.60. The van der Waals surface area contributed by atoms with Crippen LogP contribution in [0.25, 0.3) is 11.0 Å². The van der Waals surface area contributed by atoms with E-state index in [-0.39, 0.29) is 5.60 Å². The topological polar surface area (TPSA) is 43.2 Å². The van der Waals surface area contributed by atoms with E-state index in [1.54, 1.807) is 7.11 Å². The minimum absolute atomic E-state index is 0.0206. The van der Waals surface area contributed by atoms with Gasteiger partial charge >= 0.3 is 0 Å². The van der Waals surface area contributed by atoms with E-state index >= 15 is 0 Å². The van der Waals surface area contributed by atoms with Crippen LogP contribution in [0.1, 0.15) is 19.8 Å². The molecule has 1 fully saturated rings. The molecule has 0 bridgehead atoms. The fourth-order valence-corrected chi connectivity index (χ4v) is 2.72. The average molecular weight is 260 g/mol. The second-order valence-electron chi connectivity index (χ2n) is 5.50. The predicted molar refractivity (Wildman–Crippen MR) is 75.4 cm³/mol. The van der Waals surface area contributed by atoms with Crippen LogP contribution < -0.4 is 4.90 Å². The number of aromatic nitrogens is 3. The van der Waals surface area contributed by atoms with E-state index in [2.05, 4.69) is 40.3 Å². The van der Waals surface area contributed by atoms with Crippen LogP contribution in [-0.4, -0.2) is 40.8 Å². The van der Waals surface area contributed by atoms with Gasteiger partial charge in [-0.05, 0) is 31.9 Å². The Balaban J connectivity index is 1.90. The normalized spacial score (nSPS) is 19.0. The molecule has 1 aromatic heterocycles. The monoisotopic (exact) mass is 260 g/mol. The molecule has 0 saturated carbocycles. The summed E-state index contributed by atoms with van der Waals surface area (Å²) in [6, 6.07) is 6.26. The summed E-state index contributed by atoms with van der Waals surface area (Å²) in [5, 5.41) is 8.40. The number of anilines is 1. The first kappa shape index (κ1) is 12.4. The Morgan fingerprint density at radius 1 is 1.26 bits per heavy atom. The molecule has 1 aromatic carbocycles. The summed E-state index contributed by atoms with van der Waals surface area (Å²) in [4.78, 5) is 2.39. The van der Waals surface area contributed by atoms with Crippen LogP contribution in [0, 0.1) is 0 Å². The quantitative estimate of drug-likeness (QED) is 0.828. The number of ether oxygens (including phenoxy) is 1. The zero-order valence-electron chi connectivity index (χ0n) is 11.8. The van der Waals surface area contributed by atoms with Crippen molar-refractivity contribution in [2.45, 2.75) is 25.4 Å². The maximum absolute atomic E-state index is 5.60. The number of benzene rings is 1. The highest BCUT2D eigenvalue weighted by atomic mass is 16.5. The molecule has 5 nitrogen and oxygen atoms in total. The molecule has 3 rings (SSSR count). The fourth-order valence-electron chi connectivity index (χ4n) is 2.72. The number of methoxy groups -OCH3 is 1. The van der Waals surface area contributed by atoms with Crippen molar-refractivity contribution in [1.29, 1.82) is 0 Å². The Kier molecular flexibility index (Phi) is 2.93. The van der Waals surface area contributed by atoms with Gasteiger partial charge in [-0.2, -0.15) is 0 Å². The van der Waals surface area contributed by atoms with Crippen molar-refractivity contribution in [2.75, 3.05) is 25.1 Å². The Morgan fingerprint density at radius 3 is 2.68 bits per heavy atom. The highest BCUT2D eigenvalue weighted by molar-refractivity contribution is 5.88. The predicted octanol–water partition coefficient (Wildman–Crippen LogP) is 1.97. The summed E-state index contributed by atoms with van der Waals surface area (Å²) in [5.41, 5.74) is 3.28. The zero-order valence-corrected chi connectivity index (χ0v) is 11.8. The largest absolute Gasteiger partial charge is 0.378 e. The van der Waals surface area contributed by atoms with Crippen molar-refractivity contribution in [3.05, 3.63) is 18.2 Å². The van der Waals surface area contributed by atoms with Crippen LogP contribution in [0.3, 0.4) is 0 Å². The minimum atomic E-state index is 0.0206. The van der Waals surface area contributed by atoms with Crippen LogP contribution in [0.4, 0.5) is 5.69 Å². The van der Waals surface area contributed by atoms with Crippen LogP contribution in [0.2, 0.25) is 0 Å². The van der Waals surface area contributed by atoms with E-state index < -0.39 is 0 Å². The van der Waals surface area contributed by atoms with Crippen LogP contribution >= 0.6 is 0 Å². The molecule has 0 unspecified atom stereocenters. The first-order valence-corrected chi connectivity index (χ1v) is 6.71. The molecule has 0 N–H and O–H groups in total. The molecule has 1 aliphatic rings. The van der Waals surface area contributed by atoms with Crippen molar-refractivity contribution >= 4 is 16.7 Å². The summed E-state index contributed by atoms with van der Waals surface area (Å²) in [6.07, 6.45) is 2.08. The van der Waals surface area contributed by atoms with Crippen LogP contribution in [0.15, 0.2) is 18.2 Å². The van der Waals surface area contributed by atoms with Crippen molar-refractivity contribution in [3.8, 4) is 0 Å². The Labute approximate surface area is 113 Å². The van der Waals surface area contributed by atoms with Gasteiger partial charge < -0.3 is 9.64 Å². The van der Waals surface area contributed by atoms with Crippen LogP contribution in [-0.2, 0) is 11.8 Å². The second-order valence-corrected chi connectivity index (χ2v) is 5.50. The van der Waals surface area contributed by atoms with Gasteiger partial charge in [0.05, 0.1) is 16.8 Å². The standard InChI is InChI=1S/C14H20N4O/c1-14(19-3)7-9-18(10-8-14)12-6-4-5-11-13(12)15-16-17(11)2/h4-6H,7-10H2,1-3H3. The third kappa shape index (κ3) is 2.08. The van der Waals surface area contributed by atoms with E-state index in [0.29, 0.717) is 0 Å². The molecule has 0 radical (unpaired) electrons. The zero-order chi connectivity index (χ0) is 13.5. The van der Waals surface area contributed by atoms with Gasteiger partial charge in [-0.15, -0.1) is 5.10 Å². The highest BCUT2D eigenvalue weighted by Gasteiger charge is 2.30. The van der Waals surface area contributed by atoms with Gasteiger partial charge in [0.25, 0.3) is 0 Å². The molecule has 2 aromatic rings. The number of hydrogen-bond acceptors (Lipinski definition) is 4. The number of piperidine rings is 1. The van der Waals surface area contributed by atoms with E-state index in [9.17, 15) is 0 Å². The number of nitrogens with zero attached hydrogens (tertiary/aromatic N) is 4. The van der Waals surface area contributed by atoms with Crippen molar-refractivity contribution in [3.63, 3.8) is 0 Å². The van der Waals surface area contributed by atoms with E-state index in [1.807, 2.05) is 11.7 Å². The smallest absolute Gasteiger partial charge is 0.136 e.